The lowest BCUT2D eigenvalue weighted by Gasteiger charge is -2.72. The zero-order chi connectivity index (χ0) is 44.1. The number of ketones is 1. The molecule has 1 aromatic carbocycles. The molecule has 0 aliphatic heterocycles. The van der Waals surface area contributed by atoms with Gasteiger partial charge in [0.15, 0.2) is 5.78 Å². The van der Waals surface area contributed by atoms with Crippen LogP contribution in [0.3, 0.4) is 0 Å². The number of amides is 1. The fraction of sp³-hybridized carbons (Fsp3) is 0.760. The van der Waals surface area contributed by atoms with Gasteiger partial charge in [-0.3, -0.25) is 19.2 Å². The second kappa shape index (κ2) is 15.5. The summed E-state index contributed by atoms with van der Waals surface area (Å²) in [6.07, 6.45) is 6.97. The first-order chi connectivity index (χ1) is 27.9. The number of allylic oxidation sites excluding steroid dienone is 1. The fourth-order valence-corrected chi connectivity index (χ4v) is 15.1. The second-order valence-corrected chi connectivity index (χ2v) is 23.2. The molecular formula is C50H73ClN2O7. The molecule has 0 saturated heterocycles. The van der Waals surface area contributed by atoms with Crippen LogP contribution in [0.25, 0.3) is 0 Å². The number of hydrogen-bond acceptors (Lipinski definition) is 7. The third-order valence-electron chi connectivity index (χ3n) is 18.8. The van der Waals surface area contributed by atoms with Gasteiger partial charge in [0, 0.05) is 47.5 Å². The number of aliphatic hydroxyl groups excluding tert-OH is 1. The molecule has 1 amide bonds. The van der Waals surface area contributed by atoms with E-state index in [1.54, 1.807) is 29.2 Å². The van der Waals surface area contributed by atoms with E-state index in [-0.39, 0.29) is 63.8 Å². The van der Waals surface area contributed by atoms with Crippen molar-refractivity contribution in [2.45, 2.75) is 139 Å². The highest BCUT2D eigenvalue weighted by Crippen LogP contribution is 2.77. The zero-order valence-corrected chi connectivity index (χ0v) is 39.1. The van der Waals surface area contributed by atoms with Gasteiger partial charge in [-0.1, -0.05) is 79.5 Å². The van der Waals surface area contributed by atoms with Gasteiger partial charge in [-0.25, -0.2) is 0 Å². The Hall–Kier alpha value is -2.75. The number of ether oxygens (including phenoxy) is 1. The summed E-state index contributed by atoms with van der Waals surface area (Å²) < 4.78 is 6.43. The number of carboxylic acids is 1. The first kappa shape index (κ1) is 45.3. The van der Waals surface area contributed by atoms with E-state index in [4.69, 9.17) is 16.3 Å². The highest BCUT2D eigenvalue weighted by atomic mass is 35.5. The van der Waals surface area contributed by atoms with Crippen molar-refractivity contribution in [2.24, 2.45) is 68.0 Å². The second-order valence-electron chi connectivity index (χ2n) is 22.7. The standard InChI is InChI=1S/C50H73ClN2O7/c1-29(2)40-35(54)27-50(38(55)28-53(25-24-52(10)11)42(56)30-12-14-31(51)15-13-30)23-22-48(8)32(41(40)50)16-17-37-47(7)20-19-39(46(5,6)36(47)18-21-49(37,48)9)60-44(59)34-26-33(43(57)58)45(34,3)4/h12-15,29,32-34,36-39,55H,16-28H2,1-11H3,(H,57,58)/t32-,33-,34+,36+,37-,38+,39+,47+,48-,49-,50+/m1/s1. The van der Waals surface area contributed by atoms with Crippen molar-refractivity contribution in [3.63, 3.8) is 0 Å². The van der Waals surface area contributed by atoms with E-state index in [9.17, 15) is 29.4 Å². The molecule has 6 aliphatic carbocycles. The predicted octanol–water partition coefficient (Wildman–Crippen LogP) is 9.34. The van der Waals surface area contributed by atoms with E-state index in [2.05, 4.69) is 48.5 Å². The highest BCUT2D eigenvalue weighted by Gasteiger charge is 2.71. The van der Waals surface area contributed by atoms with Gasteiger partial charge in [-0.05, 0) is 147 Å². The molecule has 0 bridgehead atoms. The van der Waals surface area contributed by atoms with Crippen molar-refractivity contribution in [3.8, 4) is 0 Å². The summed E-state index contributed by atoms with van der Waals surface area (Å²) in [5, 5.41) is 22.9. The van der Waals surface area contributed by atoms with Crippen LogP contribution in [-0.2, 0) is 19.1 Å². The average molecular weight is 850 g/mol. The van der Waals surface area contributed by atoms with Crippen LogP contribution in [0.2, 0.25) is 5.02 Å². The molecule has 5 fully saturated rings. The lowest BCUT2D eigenvalue weighted by atomic mass is 9.33. The van der Waals surface area contributed by atoms with E-state index in [1.807, 2.05) is 32.8 Å². The zero-order valence-electron chi connectivity index (χ0n) is 38.3. The van der Waals surface area contributed by atoms with Crippen molar-refractivity contribution >= 4 is 35.2 Å². The Labute approximate surface area is 364 Å². The molecule has 6 aliphatic rings. The minimum Gasteiger partial charge on any atom is -0.481 e. The van der Waals surface area contributed by atoms with Gasteiger partial charge >= 0.3 is 11.9 Å². The number of carboxylic acid groups (broad SMARTS) is 1. The quantitative estimate of drug-likeness (QED) is 0.211. The van der Waals surface area contributed by atoms with Crippen LogP contribution in [0, 0.1) is 68.0 Å². The molecule has 11 atom stereocenters. The third kappa shape index (κ3) is 6.83. The molecular weight excluding hydrogens is 776 g/mol. The smallest absolute Gasteiger partial charge is 0.309 e. The minimum absolute atomic E-state index is 0.0112. The van der Waals surface area contributed by atoms with Crippen LogP contribution in [0.5, 0.6) is 0 Å². The summed E-state index contributed by atoms with van der Waals surface area (Å²) in [6.45, 7) is 21.4. The number of esters is 1. The lowest BCUT2D eigenvalue weighted by Crippen LogP contribution is -2.66. The van der Waals surface area contributed by atoms with Crippen LogP contribution in [0.1, 0.15) is 137 Å². The Morgan fingerprint density at radius 1 is 0.833 bits per heavy atom. The Kier molecular flexibility index (Phi) is 11.7. The normalized spacial score (nSPS) is 38.3. The summed E-state index contributed by atoms with van der Waals surface area (Å²) in [6, 6.07) is 6.94. The number of hydrogen-bond donors (Lipinski definition) is 2. The van der Waals surface area contributed by atoms with Crippen molar-refractivity contribution < 1.29 is 34.1 Å². The van der Waals surface area contributed by atoms with Gasteiger partial charge in [-0.2, -0.15) is 0 Å². The number of carbonyl (C=O) groups is 4. The van der Waals surface area contributed by atoms with Crippen LogP contribution < -0.4 is 0 Å². The monoisotopic (exact) mass is 849 g/mol. The van der Waals surface area contributed by atoms with Gasteiger partial charge < -0.3 is 24.7 Å². The summed E-state index contributed by atoms with van der Waals surface area (Å²) in [7, 11) is 3.96. The number of halogens is 1. The molecule has 2 N–H and O–H groups in total. The fourth-order valence-electron chi connectivity index (χ4n) is 15.0. The number of Topliss-reactive ketones (excluding diaryl/α,β-unsaturated/α-hetero) is 1. The van der Waals surface area contributed by atoms with Crippen molar-refractivity contribution in [3.05, 3.63) is 46.0 Å². The minimum atomic E-state index is -0.895. The van der Waals surface area contributed by atoms with E-state index in [0.29, 0.717) is 54.8 Å². The van der Waals surface area contributed by atoms with Gasteiger partial charge in [0.25, 0.3) is 5.91 Å². The Balaban J connectivity index is 1.16. The van der Waals surface area contributed by atoms with Crippen LogP contribution in [0.15, 0.2) is 35.4 Å². The van der Waals surface area contributed by atoms with Crippen molar-refractivity contribution in [1.29, 1.82) is 0 Å². The number of aliphatic carboxylic acids is 1. The largest absolute Gasteiger partial charge is 0.481 e. The number of carbonyl (C=O) groups excluding carboxylic acids is 3. The molecule has 0 heterocycles. The molecule has 7 rings (SSSR count). The maximum atomic E-state index is 14.4. The molecule has 332 valence electrons. The number of aliphatic hydroxyl groups is 1. The molecule has 0 spiro atoms. The Morgan fingerprint density at radius 2 is 1.50 bits per heavy atom. The number of likely N-dealkylation sites (N-methyl/N-ethyl adjacent to an activating group) is 1. The number of rotatable bonds is 11. The van der Waals surface area contributed by atoms with E-state index < -0.39 is 34.7 Å². The number of fused-ring (bicyclic) bond motifs is 7. The SMILES string of the molecule is CC(C)C1=C2[C@H]3CC[C@@H]4[C@@]5(C)CC[C@H](OC(=O)[C@@H]6C[C@H](C(=O)O)C6(C)C)C(C)(C)[C@@H]5CC[C@@]4(C)[C@]3(C)CC[C@@]2([C@@H](O)CN(CCN(C)C)C(=O)c2ccc(Cl)cc2)CC1=O. The first-order valence-corrected chi connectivity index (χ1v) is 23.3. The van der Waals surface area contributed by atoms with Crippen LogP contribution in [-0.4, -0.2) is 89.6 Å². The summed E-state index contributed by atoms with van der Waals surface area (Å²) in [5.74, 6) is -1.02. The van der Waals surface area contributed by atoms with Crippen LogP contribution in [0.4, 0.5) is 0 Å². The molecule has 0 unspecified atom stereocenters. The van der Waals surface area contributed by atoms with Crippen molar-refractivity contribution in [1.82, 2.24) is 9.80 Å². The third-order valence-corrected chi connectivity index (χ3v) is 19.0. The number of nitrogens with zero attached hydrogens (tertiary/aromatic N) is 2. The summed E-state index contributed by atoms with van der Waals surface area (Å²) in [4.78, 5) is 57.8. The Bertz CT molecular complexity index is 1920. The maximum Gasteiger partial charge on any atom is 0.309 e. The Morgan fingerprint density at radius 3 is 2.10 bits per heavy atom. The maximum absolute atomic E-state index is 14.4. The molecule has 0 aromatic heterocycles. The van der Waals surface area contributed by atoms with Gasteiger partial charge in [0.2, 0.25) is 0 Å². The first-order valence-electron chi connectivity index (χ1n) is 23.0. The molecule has 10 heteroatoms. The van der Waals surface area contributed by atoms with Gasteiger partial charge in [0.05, 0.1) is 17.9 Å². The molecule has 60 heavy (non-hydrogen) atoms. The van der Waals surface area contributed by atoms with Gasteiger partial charge in [0.1, 0.15) is 6.10 Å². The summed E-state index contributed by atoms with van der Waals surface area (Å²) in [5.41, 5.74) is 0.976. The topological polar surface area (TPSA) is 124 Å². The molecule has 9 nitrogen and oxygen atoms in total. The van der Waals surface area contributed by atoms with E-state index in [0.717, 1.165) is 50.5 Å². The molecule has 5 saturated carbocycles. The van der Waals surface area contributed by atoms with E-state index >= 15 is 0 Å². The van der Waals surface area contributed by atoms with Gasteiger partial charge in [-0.15, -0.1) is 0 Å². The summed E-state index contributed by atoms with van der Waals surface area (Å²) >= 11 is 6.19. The number of benzene rings is 1. The van der Waals surface area contributed by atoms with E-state index in [1.165, 1.54) is 5.57 Å². The average Bonchev–Trinajstić information content (AvgIpc) is 3.47. The molecule has 0 radical (unpaired) electrons. The predicted molar refractivity (Wildman–Crippen MR) is 234 cm³/mol. The van der Waals surface area contributed by atoms with Crippen molar-refractivity contribution in [2.75, 3.05) is 33.7 Å². The highest BCUT2D eigenvalue weighted by molar-refractivity contribution is 6.30. The van der Waals surface area contributed by atoms with Crippen LogP contribution >= 0.6 is 11.6 Å². The lowest BCUT2D eigenvalue weighted by molar-refractivity contribution is -0.238. The molecule has 1 aromatic rings.